The van der Waals surface area contributed by atoms with E-state index in [4.69, 9.17) is 23.8 Å². The Balaban J connectivity index is 1.08. The second-order valence-electron chi connectivity index (χ2n) is 18.8. The SMILES string of the molecule is C=C/C=C(\C=C)c1ccc2c(c1)c1cc(-c3ccccc3)ccc1n2-c1c(-c2ccccc2)cc(-c2nc(-c3ccc4oc5ccccc5c4c3)nc(-c3cccc4oc5ccccc5c34)n2)cc1-c1ccccc1. The van der Waals surface area contributed by atoms with Crippen molar-refractivity contribution >= 4 is 71.3 Å². The lowest BCUT2D eigenvalue weighted by Crippen LogP contribution is -2.04. The minimum absolute atomic E-state index is 0.531. The summed E-state index contributed by atoms with van der Waals surface area (Å²) in [7, 11) is 0. The van der Waals surface area contributed by atoms with Crippen LogP contribution in [-0.2, 0) is 0 Å². The zero-order valence-corrected chi connectivity index (χ0v) is 40.6. The average Bonchev–Trinajstić information content (AvgIpc) is 4.22. The zero-order valence-electron chi connectivity index (χ0n) is 40.6. The summed E-state index contributed by atoms with van der Waals surface area (Å²) >= 11 is 0. The summed E-state index contributed by atoms with van der Waals surface area (Å²) in [5.41, 5.74) is 17.3. The van der Waals surface area contributed by atoms with E-state index >= 15 is 0 Å². The Morgan fingerprint density at radius 2 is 0.907 bits per heavy atom. The number of hydrogen-bond donors (Lipinski definition) is 0. The highest BCUT2D eigenvalue weighted by Crippen LogP contribution is 2.46. The predicted octanol–water partition coefficient (Wildman–Crippen LogP) is 18.5. The molecule has 10 aromatic carbocycles. The number of aromatic nitrogens is 4. The maximum Gasteiger partial charge on any atom is 0.164 e. The van der Waals surface area contributed by atoms with E-state index in [0.29, 0.717) is 17.5 Å². The van der Waals surface area contributed by atoms with Crippen LogP contribution in [0.4, 0.5) is 0 Å². The topological polar surface area (TPSA) is 69.9 Å². The zero-order chi connectivity index (χ0) is 50.0. The highest BCUT2D eigenvalue weighted by molar-refractivity contribution is 6.14. The summed E-state index contributed by atoms with van der Waals surface area (Å²) in [6.45, 7) is 8.19. The fraction of sp³-hybridized carbons (Fsp3) is 0. The lowest BCUT2D eigenvalue weighted by molar-refractivity contribution is 0.668. The molecule has 0 bridgehead atoms. The van der Waals surface area contributed by atoms with Gasteiger partial charge in [0.2, 0.25) is 0 Å². The Hall–Kier alpha value is -10.2. The Morgan fingerprint density at radius 1 is 0.373 bits per heavy atom. The number of rotatable bonds is 10. The molecule has 0 fully saturated rings. The highest BCUT2D eigenvalue weighted by atomic mass is 16.3. The van der Waals surface area contributed by atoms with Crippen molar-refractivity contribution in [3.63, 3.8) is 0 Å². The van der Waals surface area contributed by atoms with Crippen LogP contribution < -0.4 is 0 Å². The number of hydrogen-bond acceptors (Lipinski definition) is 5. The third kappa shape index (κ3) is 7.38. The molecule has 6 heteroatoms. The molecule has 4 heterocycles. The van der Waals surface area contributed by atoms with Gasteiger partial charge in [0, 0.05) is 60.1 Å². The van der Waals surface area contributed by atoms with Crippen molar-refractivity contribution < 1.29 is 8.83 Å². The molecule has 14 aromatic rings. The minimum Gasteiger partial charge on any atom is -0.456 e. The van der Waals surface area contributed by atoms with Gasteiger partial charge in [-0.25, -0.2) is 15.0 Å². The van der Waals surface area contributed by atoms with Crippen LogP contribution >= 0.6 is 0 Å². The van der Waals surface area contributed by atoms with Crippen LogP contribution in [-0.4, -0.2) is 19.5 Å². The second-order valence-corrected chi connectivity index (χ2v) is 18.8. The van der Waals surface area contributed by atoms with Crippen LogP contribution in [0.3, 0.4) is 0 Å². The normalized spacial score (nSPS) is 11.9. The lowest BCUT2D eigenvalue weighted by Gasteiger charge is -2.21. The third-order valence-corrected chi connectivity index (χ3v) is 14.4. The van der Waals surface area contributed by atoms with Gasteiger partial charge in [-0.15, -0.1) is 0 Å². The Labute approximate surface area is 432 Å². The molecule has 0 saturated carbocycles. The van der Waals surface area contributed by atoms with Crippen molar-refractivity contribution in [2.45, 2.75) is 0 Å². The number of fused-ring (bicyclic) bond motifs is 9. The van der Waals surface area contributed by atoms with Gasteiger partial charge in [0.25, 0.3) is 0 Å². The first kappa shape index (κ1) is 43.6. The molecule has 0 atom stereocenters. The van der Waals surface area contributed by atoms with Gasteiger partial charge in [0.15, 0.2) is 17.5 Å². The first-order valence-electron chi connectivity index (χ1n) is 25.1. The maximum atomic E-state index is 6.43. The van der Waals surface area contributed by atoms with Crippen LogP contribution in [0.15, 0.2) is 265 Å². The molecule has 0 N–H and O–H groups in total. The van der Waals surface area contributed by atoms with E-state index in [9.17, 15) is 0 Å². The molecule has 75 heavy (non-hydrogen) atoms. The van der Waals surface area contributed by atoms with Gasteiger partial charge in [-0.1, -0.05) is 183 Å². The van der Waals surface area contributed by atoms with Gasteiger partial charge >= 0.3 is 0 Å². The molecule has 0 aliphatic heterocycles. The van der Waals surface area contributed by atoms with Gasteiger partial charge < -0.3 is 13.4 Å². The number of para-hydroxylation sites is 2. The maximum absolute atomic E-state index is 6.43. The molecule has 0 saturated heterocycles. The van der Waals surface area contributed by atoms with Gasteiger partial charge in [-0.05, 0) is 106 Å². The van der Waals surface area contributed by atoms with Crippen LogP contribution in [0, 0.1) is 0 Å². The fourth-order valence-electron chi connectivity index (χ4n) is 10.9. The van der Waals surface area contributed by atoms with E-state index in [0.717, 1.165) is 133 Å². The summed E-state index contributed by atoms with van der Waals surface area (Å²) in [6.07, 6.45) is 5.72. The van der Waals surface area contributed by atoms with Crippen LogP contribution in [0.1, 0.15) is 5.56 Å². The quantitative estimate of drug-likeness (QED) is 0.128. The molecule has 0 aliphatic carbocycles. The van der Waals surface area contributed by atoms with Crippen molar-refractivity contribution in [1.29, 1.82) is 0 Å². The summed E-state index contributed by atoms with van der Waals surface area (Å²) in [5, 5.41) is 6.21. The van der Waals surface area contributed by atoms with Crippen molar-refractivity contribution in [3.8, 4) is 73.2 Å². The van der Waals surface area contributed by atoms with Crippen molar-refractivity contribution in [2.24, 2.45) is 0 Å². The number of allylic oxidation sites excluding steroid dienone is 4. The van der Waals surface area contributed by atoms with Gasteiger partial charge in [-0.2, -0.15) is 0 Å². The molecule has 352 valence electrons. The standard InChI is InChI=1S/C69H44N4O2/c1-3-19-43(4-2)47-32-35-59-56(38-47)57-39-48(44-20-8-5-9-21-44)33-36-60(57)73(59)66-54(45-22-10-6-11-23-45)41-50(42-55(66)46-24-12-7-13-25-46)68-70-67(49-34-37-63-58(40-49)51-26-14-16-29-61(51)74-63)71-69(72-68)53-28-18-31-64-65(53)52-27-15-17-30-62(52)75-64/h3-42H,1-2H2/b43-19+. The summed E-state index contributed by atoms with van der Waals surface area (Å²) in [4.78, 5) is 16.3. The molecule has 6 nitrogen and oxygen atoms in total. The van der Waals surface area contributed by atoms with Crippen LogP contribution in [0.5, 0.6) is 0 Å². The monoisotopic (exact) mass is 960 g/mol. The largest absolute Gasteiger partial charge is 0.456 e. The van der Waals surface area contributed by atoms with E-state index in [1.54, 1.807) is 0 Å². The van der Waals surface area contributed by atoms with Gasteiger partial charge in [0.05, 0.1) is 16.7 Å². The van der Waals surface area contributed by atoms with Crippen LogP contribution in [0.2, 0.25) is 0 Å². The summed E-state index contributed by atoms with van der Waals surface area (Å²) < 4.78 is 15.2. The van der Waals surface area contributed by atoms with E-state index in [1.165, 1.54) is 0 Å². The van der Waals surface area contributed by atoms with Gasteiger partial charge in [-0.3, -0.25) is 0 Å². The Bertz CT molecular complexity index is 4560. The molecular formula is C69H44N4O2. The van der Waals surface area contributed by atoms with Gasteiger partial charge in [0.1, 0.15) is 22.3 Å². The first-order chi connectivity index (χ1) is 37.1. The van der Waals surface area contributed by atoms with E-state index in [-0.39, 0.29) is 0 Å². The predicted molar refractivity (Wildman–Crippen MR) is 310 cm³/mol. The van der Waals surface area contributed by atoms with E-state index < -0.39 is 0 Å². The molecule has 0 amide bonds. The molecule has 0 spiro atoms. The molecule has 0 radical (unpaired) electrons. The molecular weight excluding hydrogens is 917 g/mol. The lowest BCUT2D eigenvalue weighted by atomic mass is 9.92. The average molecular weight is 961 g/mol. The van der Waals surface area contributed by atoms with Crippen molar-refractivity contribution in [2.75, 3.05) is 0 Å². The smallest absolute Gasteiger partial charge is 0.164 e. The highest BCUT2D eigenvalue weighted by Gasteiger charge is 2.25. The second kappa shape index (κ2) is 17.8. The third-order valence-electron chi connectivity index (χ3n) is 14.4. The number of furan rings is 2. The summed E-state index contributed by atoms with van der Waals surface area (Å²) in [5.74, 6) is 1.60. The van der Waals surface area contributed by atoms with E-state index in [1.807, 2.05) is 78.9 Å². The van der Waals surface area contributed by atoms with Crippen LogP contribution in [0.25, 0.3) is 144 Å². The van der Waals surface area contributed by atoms with Crippen molar-refractivity contribution in [3.05, 3.63) is 261 Å². The molecule has 4 aromatic heterocycles. The molecule has 0 unspecified atom stereocenters. The molecule has 14 rings (SSSR count). The minimum atomic E-state index is 0.531. The summed E-state index contributed by atoms with van der Waals surface area (Å²) in [6, 6.07) is 78.5. The number of nitrogens with zero attached hydrogens (tertiary/aromatic N) is 4. The van der Waals surface area contributed by atoms with E-state index in [2.05, 4.69) is 182 Å². The number of benzene rings is 10. The Morgan fingerprint density at radius 3 is 1.60 bits per heavy atom. The molecule has 0 aliphatic rings. The Kier molecular flexibility index (Phi) is 10.4. The first-order valence-corrected chi connectivity index (χ1v) is 25.1. The van der Waals surface area contributed by atoms with Crippen molar-refractivity contribution in [1.82, 2.24) is 19.5 Å². The fourth-order valence-corrected chi connectivity index (χ4v) is 10.9.